The van der Waals surface area contributed by atoms with Gasteiger partial charge in [-0.05, 0) is 66.9 Å². The molecule has 0 fully saturated rings. The zero-order valence-electron chi connectivity index (χ0n) is 20.7. The first-order valence-electron chi connectivity index (χ1n) is 11.8. The highest BCUT2D eigenvalue weighted by Crippen LogP contribution is 2.42. The number of fused-ring (bicyclic) bond motifs is 2. The molecule has 2 aromatic heterocycles. The third-order valence-electron chi connectivity index (χ3n) is 6.76. The van der Waals surface area contributed by atoms with Crippen molar-refractivity contribution in [1.82, 2.24) is 14.5 Å². The van der Waals surface area contributed by atoms with Crippen LogP contribution in [0.25, 0.3) is 10.9 Å². The van der Waals surface area contributed by atoms with Gasteiger partial charge in [0.25, 0.3) is 5.91 Å². The normalized spacial score (nSPS) is 15.7. The average Bonchev–Trinajstić information content (AvgIpc) is 3.17. The molecular formula is C27H26BrN5O4. The zero-order valence-corrected chi connectivity index (χ0v) is 22.3. The topological polar surface area (TPSA) is 102 Å². The number of methoxy groups -OCH3 is 2. The van der Waals surface area contributed by atoms with E-state index in [4.69, 9.17) is 9.47 Å². The van der Waals surface area contributed by atoms with Gasteiger partial charge in [-0.15, -0.1) is 10.2 Å². The first kappa shape index (κ1) is 24.9. The standard InChI is InChI=1S/C27H26BrN5O4/c1-16-20-13-24(37-3)23(36-2)11-17(20)8-10-32(16)15-33-22-7-6-19(28)12-21(22)25(27(33)35)30-31-26(34)18-5-4-9-29-14-18/h4-7,9,11-14,16,35H,8,10,15H2,1-3H3/t16-/m0/s1. The maximum atomic E-state index is 12.5. The fraction of sp³-hybridized carbons (Fsp3) is 0.259. The summed E-state index contributed by atoms with van der Waals surface area (Å²) in [5.41, 5.74) is 3.72. The largest absolute Gasteiger partial charge is 0.493 e. The highest BCUT2D eigenvalue weighted by molar-refractivity contribution is 9.10. The molecule has 2 aromatic carbocycles. The van der Waals surface area contributed by atoms with Crippen LogP contribution in [0.1, 0.15) is 34.5 Å². The van der Waals surface area contributed by atoms with Crippen molar-refractivity contribution in [2.45, 2.75) is 26.1 Å². The van der Waals surface area contributed by atoms with E-state index in [1.165, 1.54) is 11.8 Å². The monoisotopic (exact) mass is 563 g/mol. The highest BCUT2D eigenvalue weighted by atomic mass is 79.9. The molecule has 37 heavy (non-hydrogen) atoms. The molecular weight excluding hydrogens is 538 g/mol. The second kappa shape index (κ2) is 10.3. The van der Waals surface area contributed by atoms with Gasteiger partial charge in [0.05, 0.1) is 32.0 Å². The summed E-state index contributed by atoms with van der Waals surface area (Å²) in [4.78, 5) is 18.7. The molecule has 1 aliphatic rings. The molecule has 10 heteroatoms. The molecule has 0 aliphatic carbocycles. The van der Waals surface area contributed by atoms with Gasteiger partial charge in [-0.25, -0.2) is 0 Å². The minimum Gasteiger partial charge on any atom is -0.493 e. The van der Waals surface area contributed by atoms with Gasteiger partial charge in [0.1, 0.15) is 0 Å². The van der Waals surface area contributed by atoms with Crippen LogP contribution in [0.15, 0.2) is 69.6 Å². The Morgan fingerprint density at radius 3 is 2.70 bits per heavy atom. The Labute approximate surface area is 222 Å². The second-order valence-electron chi connectivity index (χ2n) is 8.79. The Kier molecular flexibility index (Phi) is 6.94. The number of ether oxygens (including phenoxy) is 2. The van der Waals surface area contributed by atoms with Crippen molar-refractivity contribution in [2.75, 3.05) is 20.8 Å². The summed E-state index contributed by atoms with van der Waals surface area (Å²) in [7, 11) is 3.27. The fourth-order valence-electron chi connectivity index (χ4n) is 4.75. The van der Waals surface area contributed by atoms with E-state index in [0.29, 0.717) is 23.4 Å². The third kappa shape index (κ3) is 4.70. The van der Waals surface area contributed by atoms with Crippen LogP contribution < -0.4 is 9.47 Å². The third-order valence-corrected chi connectivity index (χ3v) is 7.25. The molecule has 0 saturated carbocycles. The quantitative estimate of drug-likeness (QED) is 0.288. The number of hydrogen-bond donors (Lipinski definition) is 1. The maximum Gasteiger partial charge on any atom is 0.296 e. The van der Waals surface area contributed by atoms with E-state index in [2.05, 4.69) is 43.0 Å². The van der Waals surface area contributed by atoms with E-state index in [-0.39, 0.29) is 17.6 Å². The van der Waals surface area contributed by atoms with Crippen LogP contribution in [0, 0.1) is 0 Å². The molecule has 1 aliphatic heterocycles. The van der Waals surface area contributed by atoms with Gasteiger partial charge in [-0.2, -0.15) is 0 Å². The lowest BCUT2D eigenvalue weighted by Gasteiger charge is -2.36. The molecule has 0 unspecified atom stereocenters. The SMILES string of the molecule is COc1cc2c(cc1OC)[C@H](C)N(Cn1c(O)c(N=NC(=O)c3cccnc3)c3cc(Br)ccc31)CC2. The molecule has 190 valence electrons. The molecule has 0 spiro atoms. The van der Waals surface area contributed by atoms with Gasteiger partial charge in [-0.1, -0.05) is 15.9 Å². The maximum absolute atomic E-state index is 12.5. The van der Waals surface area contributed by atoms with E-state index < -0.39 is 5.91 Å². The fourth-order valence-corrected chi connectivity index (χ4v) is 5.11. The van der Waals surface area contributed by atoms with Crippen LogP contribution in [-0.4, -0.2) is 46.2 Å². The lowest BCUT2D eigenvalue weighted by molar-refractivity contribution is 0.0994. The number of benzene rings is 2. The minimum absolute atomic E-state index is 0.0545. The molecule has 4 aromatic rings. The number of halogens is 1. The van der Waals surface area contributed by atoms with Crippen molar-refractivity contribution >= 4 is 38.4 Å². The summed E-state index contributed by atoms with van der Waals surface area (Å²) in [6.07, 6.45) is 3.84. The van der Waals surface area contributed by atoms with Gasteiger partial charge >= 0.3 is 0 Å². The summed E-state index contributed by atoms with van der Waals surface area (Å²) < 4.78 is 13.6. The Bertz CT molecular complexity index is 1500. The average molecular weight is 564 g/mol. The second-order valence-corrected chi connectivity index (χ2v) is 9.71. The van der Waals surface area contributed by atoms with Crippen LogP contribution in [0.2, 0.25) is 0 Å². The van der Waals surface area contributed by atoms with Crippen LogP contribution in [-0.2, 0) is 13.1 Å². The van der Waals surface area contributed by atoms with Crippen molar-refractivity contribution < 1.29 is 19.4 Å². The van der Waals surface area contributed by atoms with Crippen LogP contribution in [0.5, 0.6) is 17.4 Å². The van der Waals surface area contributed by atoms with Crippen molar-refractivity contribution in [3.8, 4) is 17.4 Å². The van der Waals surface area contributed by atoms with Crippen LogP contribution >= 0.6 is 15.9 Å². The minimum atomic E-state index is -0.533. The molecule has 0 bridgehead atoms. The lowest BCUT2D eigenvalue weighted by Crippen LogP contribution is -2.35. The number of amides is 1. The van der Waals surface area contributed by atoms with Gasteiger partial charge in [0.2, 0.25) is 5.88 Å². The summed E-state index contributed by atoms with van der Waals surface area (Å²) in [5, 5.41) is 20.0. The highest BCUT2D eigenvalue weighted by Gasteiger charge is 2.28. The predicted octanol–water partition coefficient (Wildman–Crippen LogP) is 6.02. The Morgan fingerprint density at radius 1 is 1.19 bits per heavy atom. The number of carbonyl (C=O) groups is 1. The Balaban J connectivity index is 1.49. The molecule has 1 N–H and O–H groups in total. The number of aromatic nitrogens is 2. The van der Waals surface area contributed by atoms with Gasteiger partial charge < -0.3 is 14.6 Å². The number of azo groups is 1. The van der Waals surface area contributed by atoms with Gasteiger partial charge in [-0.3, -0.25) is 19.2 Å². The van der Waals surface area contributed by atoms with Crippen molar-refractivity contribution in [3.63, 3.8) is 0 Å². The van der Waals surface area contributed by atoms with Crippen molar-refractivity contribution in [1.29, 1.82) is 0 Å². The van der Waals surface area contributed by atoms with E-state index >= 15 is 0 Å². The Hall–Kier alpha value is -3.76. The molecule has 5 rings (SSSR count). The molecule has 0 saturated heterocycles. The number of nitrogens with zero attached hydrogens (tertiary/aromatic N) is 5. The predicted molar refractivity (Wildman–Crippen MR) is 143 cm³/mol. The van der Waals surface area contributed by atoms with Crippen molar-refractivity contribution in [2.24, 2.45) is 10.2 Å². The Morgan fingerprint density at radius 2 is 1.97 bits per heavy atom. The molecule has 3 heterocycles. The number of aromatic hydroxyl groups is 1. The summed E-state index contributed by atoms with van der Waals surface area (Å²) in [6, 6.07) is 13.1. The van der Waals surface area contributed by atoms with Crippen LogP contribution in [0.3, 0.4) is 0 Å². The molecule has 9 nitrogen and oxygen atoms in total. The van der Waals surface area contributed by atoms with E-state index in [9.17, 15) is 9.90 Å². The van der Waals surface area contributed by atoms with Crippen LogP contribution in [0.4, 0.5) is 5.69 Å². The molecule has 1 atom stereocenters. The van der Waals surface area contributed by atoms with E-state index in [1.54, 1.807) is 37.1 Å². The lowest BCUT2D eigenvalue weighted by atomic mass is 9.93. The summed E-state index contributed by atoms with van der Waals surface area (Å²) in [6.45, 7) is 3.34. The number of rotatable bonds is 6. The number of hydrogen-bond acceptors (Lipinski definition) is 7. The molecule has 0 radical (unpaired) electrons. The first-order chi connectivity index (χ1) is 17.9. The van der Waals surface area contributed by atoms with Gasteiger partial charge in [0, 0.05) is 34.8 Å². The smallest absolute Gasteiger partial charge is 0.296 e. The number of pyridine rings is 1. The molecule has 1 amide bonds. The van der Waals surface area contributed by atoms with Gasteiger partial charge in [0.15, 0.2) is 17.2 Å². The summed E-state index contributed by atoms with van der Waals surface area (Å²) in [5.74, 6) is 0.822. The zero-order chi connectivity index (χ0) is 26.1. The summed E-state index contributed by atoms with van der Waals surface area (Å²) >= 11 is 3.50. The first-order valence-corrected chi connectivity index (χ1v) is 12.6. The number of carbonyl (C=O) groups excluding carboxylic acids is 1. The van der Waals surface area contributed by atoms with Crippen molar-refractivity contribution in [3.05, 3.63) is 76.0 Å². The van der Waals surface area contributed by atoms with E-state index in [0.717, 1.165) is 34.3 Å². The van der Waals surface area contributed by atoms with E-state index in [1.807, 2.05) is 30.3 Å².